The van der Waals surface area contributed by atoms with Crippen LogP contribution >= 0.6 is 0 Å². The summed E-state index contributed by atoms with van der Waals surface area (Å²) in [5, 5.41) is 3.28. The molecule has 0 heterocycles. The largest absolute Gasteiger partial charge is 0.367 e. The van der Waals surface area contributed by atoms with Crippen LogP contribution < -0.4 is 5.32 Å². The lowest BCUT2D eigenvalue weighted by atomic mass is 10.1. The molecule has 0 saturated carbocycles. The molecule has 2 aromatic carbocycles. The van der Waals surface area contributed by atoms with Gasteiger partial charge in [-0.2, -0.15) is 0 Å². The summed E-state index contributed by atoms with van der Waals surface area (Å²) in [6, 6.07) is 16.7. The Balaban J connectivity index is 2.03. The molecule has 0 amide bonds. The van der Waals surface area contributed by atoms with Crippen LogP contribution in [-0.2, 0) is 11.3 Å². The normalized spacial score (nSPS) is 12.3. The monoisotopic (exact) mass is 273 g/mol. The van der Waals surface area contributed by atoms with E-state index in [4.69, 9.17) is 4.74 Å². The molecule has 106 valence electrons. The van der Waals surface area contributed by atoms with Gasteiger partial charge in [0, 0.05) is 12.1 Å². The van der Waals surface area contributed by atoms with Crippen LogP contribution in [-0.4, -0.2) is 13.1 Å². The van der Waals surface area contributed by atoms with Gasteiger partial charge < -0.3 is 10.1 Å². The number of benzene rings is 2. The van der Waals surface area contributed by atoms with Gasteiger partial charge in [-0.25, -0.2) is 4.39 Å². The molecule has 3 heteroatoms. The first kappa shape index (κ1) is 14.7. The molecule has 0 fully saturated rings. The van der Waals surface area contributed by atoms with Crippen molar-refractivity contribution in [2.24, 2.45) is 0 Å². The molecule has 0 aliphatic heterocycles. The zero-order valence-electron chi connectivity index (χ0n) is 11.7. The minimum absolute atomic E-state index is 0.0734. The molecule has 20 heavy (non-hydrogen) atoms. The van der Waals surface area contributed by atoms with Crippen molar-refractivity contribution in [1.29, 1.82) is 0 Å². The van der Waals surface area contributed by atoms with Crippen molar-refractivity contribution < 1.29 is 9.13 Å². The molecule has 2 nitrogen and oxygen atoms in total. The van der Waals surface area contributed by atoms with Gasteiger partial charge in [0.1, 0.15) is 5.82 Å². The van der Waals surface area contributed by atoms with Gasteiger partial charge in [0.15, 0.2) is 0 Å². The number of ether oxygens (including phenoxy) is 1. The Hall–Kier alpha value is -1.71. The van der Waals surface area contributed by atoms with Gasteiger partial charge in [-0.15, -0.1) is 0 Å². The Kier molecular flexibility index (Phi) is 5.71. The fourth-order valence-corrected chi connectivity index (χ4v) is 2.02. The standard InChI is InChI=1S/C17H20FNO/c1-2-19-12-17(14-8-4-3-5-9-14)20-13-15-10-6-7-11-16(15)18/h3-11,17,19H,2,12-13H2,1H3. The Morgan fingerprint density at radius 1 is 1.05 bits per heavy atom. The van der Waals surface area contributed by atoms with E-state index in [2.05, 4.69) is 12.2 Å². The molecule has 0 bridgehead atoms. The average Bonchev–Trinajstić information content (AvgIpc) is 2.50. The summed E-state index contributed by atoms with van der Waals surface area (Å²) in [6.45, 7) is 3.93. The Labute approximate surface area is 119 Å². The van der Waals surface area contributed by atoms with E-state index in [-0.39, 0.29) is 18.5 Å². The first-order chi connectivity index (χ1) is 9.81. The summed E-state index contributed by atoms with van der Waals surface area (Å²) in [6.07, 6.45) is -0.0734. The van der Waals surface area contributed by atoms with Crippen molar-refractivity contribution in [3.63, 3.8) is 0 Å². The lowest BCUT2D eigenvalue weighted by molar-refractivity contribution is 0.0386. The van der Waals surface area contributed by atoms with Crippen LogP contribution in [0, 0.1) is 5.82 Å². The fourth-order valence-electron chi connectivity index (χ4n) is 2.02. The second-order valence-corrected chi connectivity index (χ2v) is 4.61. The highest BCUT2D eigenvalue weighted by Gasteiger charge is 2.12. The number of rotatable bonds is 7. The van der Waals surface area contributed by atoms with Crippen LogP contribution in [0.25, 0.3) is 0 Å². The molecular formula is C17H20FNO. The molecule has 0 saturated heterocycles. The Morgan fingerprint density at radius 3 is 2.45 bits per heavy atom. The number of hydrogen-bond donors (Lipinski definition) is 1. The van der Waals surface area contributed by atoms with E-state index in [0.29, 0.717) is 5.56 Å². The maximum atomic E-state index is 13.6. The van der Waals surface area contributed by atoms with Crippen molar-refractivity contribution in [3.05, 3.63) is 71.5 Å². The first-order valence-corrected chi connectivity index (χ1v) is 6.92. The number of likely N-dealkylation sites (N-methyl/N-ethyl adjacent to an activating group) is 1. The van der Waals surface area contributed by atoms with E-state index >= 15 is 0 Å². The van der Waals surface area contributed by atoms with E-state index in [1.165, 1.54) is 6.07 Å². The summed E-state index contributed by atoms with van der Waals surface area (Å²) in [7, 11) is 0. The molecule has 0 spiro atoms. The molecule has 0 radical (unpaired) electrons. The molecule has 2 rings (SSSR count). The third kappa shape index (κ3) is 4.15. The van der Waals surface area contributed by atoms with E-state index in [1.54, 1.807) is 12.1 Å². The zero-order valence-corrected chi connectivity index (χ0v) is 11.7. The van der Waals surface area contributed by atoms with Gasteiger partial charge >= 0.3 is 0 Å². The number of hydrogen-bond acceptors (Lipinski definition) is 2. The minimum Gasteiger partial charge on any atom is -0.367 e. The van der Waals surface area contributed by atoms with Crippen LogP contribution in [0.15, 0.2) is 54.6 Å². The Bertz CT molecular complexity index is 515. The predicted octanol–water partition coefficient (Wildman–Crippen LogP) is 3.69. The smallest absolute Gasteiger partial charge is 0.128 e. The van der Waals surface area contributed by atoms with Crippen LogP contribution in [0.1, 0.15) is 24.2 Å². The van der Waals surface area contributed by atoms with Gasteiger partial charge in [-0.3, -0.25) is 0 Å². The summed E-state index contributed by atoms with van der Waals surface area (Å²) in [5.74, 6) is -0.220. The van der Waals surface area contributed by atoms with Gasteiger partial charge in [0.05, 0.1) is 12.7 Å². The van der Waals surface area contributed by atoms with E-state index in [1.807, 2.05) is 36.4 Å². The third-order valence-corrected chi connectivity index (χ3v) is 3.15. The van der Waals surface area contributed by atoms with Crippen LogP contribution in [0.5, 0.6) is 0 Å². The molecule has 1 atom stereocenters. The number of nitrogens with one attached hydrogen (secondary N) is 1. The molecule has 1 unspecified atom stereocenters. The topological polar surface area (TPSA) is 21.3 Å². The maximum absolute atomic E-state index is 13.6. The SMILES string of the molecule is CCNCC(OCc1ccccc1F)c1ccccc1. The second-order valence-electron chi connectivity index (χ2n) is 4.61. The quantitative estimate of drug-likeness (QED) is 0.830. The van der Waals surface area contributed by atoms with Crippen molar-refractivity contribution in [2.75, 3.05) is 13.1 Å². The van der Waals surface area contributed by atoms with Gasteiger partial charge in [-0.1, -0.05) is 55.5 Å². The lowest BCUT2D eigenvalue weighted by Crippen LogP contribution is -2.23. The molecule has 0 aliphatic rings. The van der Waals surface area contributed by atoms with Crippen molar-refractivity contribution in [2.45, 2.75) is 19.6 Å². The highest BCUT2D eigenvalue weighted by atomic mass is 19.1. The maximum Gasteiger partial charge on any atom is 0.128 e. The summed E-state index contributed by atoms with van der Waals surface area (Å²) >= 11 is 0. The van der Waals surface area contributed by atoms with E-state index < -0.39 is 0 Å². The molecule has 2 aromatic rings. The Morgan fingerprint density at radius 2 is 1.75 bits per heavy atom. The van der Waals surface area contributed by atoms with Crippen LogP contribution in [0.4, 0.5) is 4.39 Å². The van der Waals surface area contributed by atoms with Gasteiger partial charge in [0.25, 0.3) is 0 Å². The van der Waals surface area contributed by atoms with Gasteiger partial charge in [0.2, 0.25) is 0 Å². The van der Waals surface area contributed by atoms with E-state index in [0.717, 1.165) is 18.7 Å². The molecule has 0 aliphatic carbocycles. The lowest BCUT2D eigenvalue weighted by Gasteiger charge is -2.19. The van der Waals surface area contributed by atoms with Crippen LogP contribution in [0.2, 0.25) is 0 Å². The predicted molar refractivity (Wildman–Crippen MR) is 78.9 cm³/mol. The first-order valence-electron chi connectivity index (χ1n) is 6.92. The average molecular weight is 273 g/mol. The summed E-state index contributed by atoms with van der Waals surface area (Å²) in [4.78, 5) is 0. The van der Waals surface area contributed by atoms with Crippen LogP contribution in [0.3, 0.4) is 0 Å². The molecule has 0 aromatic heterocycles. The number of halogens is 1. The summed E-state index contributed by atoms with van der Waals surface area (Å²) in [5.41, 5.74) is 1.69. The van der Waals surface area contributed by atoms with Crippen molar-refractivity contribution in [1.82, 2.24) is 5.32 Å². The van der Waals surface area contributed by atoms with Gasteiger partial charge in [-0.05, 0) is 18.2 Å². The minimum atomic E-state index is -0.220. The van der Waals surface area contributed by atoms with Crippen molar-refractivity contribution >= 4 is 0 Å². The molecular weight excluding hydrogens is 253 g/mol. The highest BCUT2D eigenvalue weighted by molar-refractivity contribution is 5.19. The van der Waals surface area contributed by atoms with E-state index in [9.17, 15) is 4.39 Å². The zero-order chi connectivity index (χ0) is 14.2. The second kappa shape index (κ2) is 7.78. The highest BCUT2D eigenvalue weighted by Crippen LogP contribution is 2.19. The molecule has 1 N–H and O–H groups in total. The van der Waals surface area contributed by atoms with Crippen molar-refractivity contribution in [3.8, 4) is 0 Å². The fraction of sp³-hybridized carbons (Fsp3) is 0.294. The third-order valence-electron chi connectivity index (χ3n) is 3.15. The summed E-state index contributed by atoms with van der Waals surface area (Å²) < 4.78 is 19.5.